The normalized spacial score (nSPS) is 16.7. The summed E-state index contributed by atoms with van der Waals surface area (Å²) in [6.45, 7) is 15.4. The molecule has 0 aromatic rings. The molecule has 0 aromatic heterocycles. The zero-order chi connectivity index (χ0) is 78.9. The van der Waals surface area contributed by atoms with E-state index in [1.54, 1.807) is 41.5 Å². The van der Waals surface area contributed by atoms with Gasteiger partial charge in [0.2, 0.25) is 94.5 Å². The molecule has 104 heavy (non-hydrogen) atoms. The van der Waals surface area contributed by atoms with Crippen molar-refractivity contribution in [2.75, 3.05) is 39.4 Å². The van der Waals surface area contributed by atoms with Crippen LogP contribution in [0.4, 0.5) is 0 Å². The Morgan fingerprint density at radius 2 is 0.894 bits per heavy atom. The van der Waals surface area contributed by atoms with E-state index in [0.29, 0.717) is 83.7 Å². The van der Waals surface area contributed by atoms with E-state index in [1.165, 1.54) is 11.8 Å². The molecule has 0 unspecified atom stereocenters. The SMILES string of the molecule is CCCC[C@@H](CC(=O)N[C@@H](CCCCN)C(=O)N[C@@H](CC(N)=O)C(N)=O)NC(=O)[C@H](CO)NC(=O)[C@@H](NC(=O)CNC(=O)C[C@@H](NC(=O)[C@H](CO)NC(=O)[C@H](CCC(N)=O)NC(=O)[C@@H](NC(=O)C[C@@H](NC(=O)[C@H](CCCCN)NC(=O)[C@@H]1CCCN1C(C)=O)[C@@H](C)CC)[C@@H](C)CC)C(C)C)[C@@H](C)CC. The number of carbonyl (C=O) groups excluding carboxylic acids is 16. The van der Waals surface area contributed by atoms with Gasteiger partial charge in [-0.25, -0.2) is 0 Å². The lowest BCUT2D eigenvalue weighted by molar-refractivity contribution is -0.138. The fraction of sp³-hybridized carbons (Fsp3) is 0.765. The minimum absolute atomic E-state index is 0.0783. The highest BCUT2D eigenvalue weighted by Gasteiger charge is 2.39. The number of nitrogens with one attached hydrogen (secondary N) is 12. The van der Waals surface area contributed by atoms with E-state index in [-0.39, 0.29) is 50.5 Å². The molecule has 0 aromatic carbocycles. The lowest BCUT2D eigenvalue weighted by Crippen LogP contribution is -2.59. The van der Waals surface area contributed by atoms with Gasteiger partial charge in [0.25, 0.3) is 0 Å². The molecule has 1 aliphatic rings. The van der Waals surface area contributed by atoms with Crippen LogP contribution < -0.4 is 92.5 Å². The highest BCUT2D eigenvalue weighted by molar-refractivity contribution is 5.98. The number of hydrogen-bond acceptors (Lipinski definition) is 20. The molecule has 0 saturated carbocycles. The van der Waals surface area contributed by atoms with Gasteiger partial charge in [-0.05, 0) is 101 Å². The fourth-order valence-electron chi connectivity index (χ4n) is 11.3. The number of unbranched alkanes of at least 4 members (excludes halogenated alkanes) is 3. The Hall–Kier alpha value is -8.64. The number of carbonyl (C=O) groups is 16. The van der Waals surface area contributed by atoms with Gasteiger partial charge in [0.1, 0.15) is 54.4 Å². The van der Waals surface area contributed by atoms with Crippen molar-refractivity contribution < 1.29 is 86.9 Å². The Labute approximate surface area is 609 Å². The van der Waals surface area contributed by atoms with Crippen molar-refractivity contribution in [2.45, 2.75) is 270 Å². The second-order valence-corrected chi connectivity index (χ2v) is 27.3. The molecule has 1 heterocycles. The van der Waals surface area contributed by atoms with Gasteiger partial charge in [0.05, 0.1) is 26.2 Å². The van der Waals surface area contributed by atoms with E-state index in [4.69, 9.17) is 28.7 Å². The molecular formula is C68H122N18O18. The van der Waals surface area contributed by atoms with Crippen LogP contribution in [0.3, 0.4) is 0 Å². The second kappa shape index (κ2) is 49.9. The zero-order valence-electron chi connectivity index (χ0n) is 62.4. The van der Waals surface area contributed by atoms with Gasteiger partial charge in [0.15, 0.2) is 0 Å². The van der Waals surface area contributed by atoms with Gasteiger partial charge in [-0.15, -0.1) is 0 Å². The molecule has 1 rings (SSSR count). The maximum absolute atomic E-state index is 14.2. The molecule has 1 fully saturated rings. The molecule has 0 bridgehead atoms. The van der Waals surface area contributed by atoms with E-state index >= 15 is 0 Å². The van der Waals surface area contributed by atoms with Crippen LogP contribution in [0.2, 0.25) is 0 Å². The quantitative estimate of drug-likeness (QED) is 0.0255. The number of aliphatic hydroxyl groups is 2. The molecule has 592 valence electrons. The predicted molar refractivity (Wildman–Crippen MR) is 383 cm³/mol. The summed E-state index contributed by atoms with van der Waals surface area (Å²) in [7, 11) is 0. The van der Waals surface area contributed by atoms with E-state index in [2.05, 4.69) is 63.8 Å². The molecule has 16 amide bonds. The highest BCUT2D eigenvalue weighted by Crippen LogP contribution is 2.20. The summed E-state index contributed by atoms with van der Waals surface area (Å²) in [6.07, 6.45) is 3.28. The fourth-order valence-corrected chi connectivity index (χ4v) is 11.3. The number of nitrogens with zero attached hydrogens (tertiary/aromatic N) is 1. The van der Waals surface area contributed by atoms with E-state index in [1.807, 2.05) is 20.8 Å². The van der Waals surface area contributed by atoms with Crippen LogP contribution in [-0.2, 0) is 76.7 Å². The molecule has 0 spiro atoms. The van der Waals surface area contributed by atoms with E-state index < -0.39 is 224 Å². The molecule has 15 atom stereocenters. The minimum atomic E-state index is -1.70. The monoisotopic (exact) mass is 1480 g/mol. The van der Waals surface area contributed by atoms with Crippen molar-refractivity contribution in [3.8, 4) is 0 Å². The van der Waals surface area contributed by atoms with Crippen molar-refractivity contribution >= 4 is 94.5 Å². The van der Waals surface area contributed by atoms with Crippen LogP contribution in [0.15, 0.2) is 0 Å². The second-order valence-electron chi connectivity index (χ2n) is 27.3. The minimum Gasteiger partial charge on any atom is -0.394 e. The van der Waals surface area contributed by atoms with Crippen molar-refractivity contribution in [3.05, 3.63) is 0 Å². The molecule has 36 nitrogen and oxygen atoms in total. The maximum atomic E-state index is 14.2. The summed E-state index contributed by atoms with van der Waals surface area (Å²) < 4.78 is 0. The predicted octanol–water partition coefficient (Wildman–Crippen LogP) is -4.53. The molecule has 1 aliphatic heterocycles. The average molecular weight is 1480 g/mol. The first-order chi connectivity index (χ1) is 49.1. The van der Waals surface area contributed by atoms with Gasteiger partial charge in [-0.1, -0.05) is 94.4 Å². The molecule has 24 N–H and O–H groups in total. The third-order valence-corrected chi connectivity index (χ3v) is 18.5. The van der Waals surface area contributed by atoms with Crippen molar-refractivity contribution in [3.63, 3.8) is 0 Å². The van der Waals surface area contributed by atoms with Gasteiger partial charge in [0, 0.05) is 57.3 Å². The number of nitrogens with two attached hydrogens (primary N) is 5. The third-order valence-electron chi connectivity index (χ3n) is 18.5. The van der Waals surface area contributed by atoms with E-state index in [0.717, 1.165) is 0 Å². The van der Waals surface area contributed by atoms with E-state index in [9.17, 15) is 86.9 Å². The Balaban J connectivity index is 3.21. The molecule has 36 heteroatoms. The summed E-state index contributed by atoms with van der Waals surface area (Å²) in [5, 5.41) is 51.9. The smallest absolute Gasteiger partial charge is 0.245 e. The van der Waals surface area contributed by atoms with Crippen molar-refractivity contribution in [1.29, 1.82) is 0 Å². The molecule has 0 aliphatic carbocycles. The summed E-state index contributed by atoms with van der Waals surface area (Å²) >= 11 is 0. The maximum Gasteiger partial charge on any atom is 0.245 e. The first kappa shape index (κ1) is 93.4. The lowest BCUT2D eigenvalue weighted by Gasteiger charge is -2.30. The molecule has 0 radical (unpaired) electrons. The Bertz CT molecular complexity index is 2850. The summed E-state index contributed by atoms with van der Waals surface area (Å²) in [6, 6.07) is -14.6. The topological polar surface area (TPSA) is 591 Å². The lowest BCUT2D eigenvalue weighted by atomic mass is 9.93. The van der Waals surface area contributed by atoms with Gasteiger partial charge >= 0.3 is 0 Å². The first-order valence-electron chi connectivity index (χ1n) is 36.4. The third kappa shape index (κ3) is 34.8. The number of aliphatic hydroxyl groups excluding tert-OH is 2. The number of amides is 16. The van der Waals surface area contributed by atoms with Crippen LogP contribution in [0, 0.1) is 23.7 Å². The largest absolute Gasteiger partial charge is 0.394 e. The standard InChI is InChI=1S/C68H122N18O18/c1-11-15-21-42(30-55(93)76-43(22-16-18-27-69)61(97)81-48(60(73)96)31-53(72)91)75-64(100)49(35-87)83-68(104)59(40(9)14-4)85-57(95)34-74-54(92)32-46(37(5)6)79-65(101)50(36-88)82-63(99)45(25-26-52(71)90)78-67(103)58(39(8)13-3)84-56(94)33-47(38(7)12-2)80-62(98)44(23-17-19-28-70)77-66(102)51-24-20-29-86(51)41(10)89/h37-40,42-51,58-59,87-88H,11-36,69-70H2,1-10H3,(H2,71,90)(H2,72,91)(H2,73,96)(H,74,92)(H,75,100)(H,76,93)(H,77,102)(H,78,103)(H,79,101)(H,80,98)(H,81,97)(H,82,99)(H,83,104)(H,84,94)(H,85,95)/t38-,39-,40-,42-,43-,44-,45-,46+,47+,48-,49-,50-,51-,58-,59-/m0/s1. The Morgan fingerprint density at radius 3 is 1.38 bits per heavy atom. The van der Waals surface area contributed by atoms with Gasteiger partial charge in [-0.2, -0.15) is 0 Å². The van der Waals surface area contributed by atoms with Crippen molar-refractivity contribution in [1.82, 2.24) is 68.7 Å². The van der Waals surface area contributed by atoms with Crippen molar-refractivity contribution in [2.24, 2.45) is 52.3 Å². The molecule has 1 saturated heterocycles. The number of hydrogen-bond donors (Lipinski definition) is 19. The number of rotatable bonds is 53. The number of primary amides is 3. The summed E-state index contributed by atoms with van der Waals surface area (Å²) in [5.41, 5.74) is 27.4. The van der Waals surface area contributed by atoms with Crippen LogP contribution in [-0.4, -0.2) is 222 Å². The van der Waals surface area contributed by atoms with Gasteiger partial charge in [-0.3, -0.25) is 76.7 Å². The first-order valence-corrected chi connectivity index (χ1v) is 36.4. The Kier molecular flexibility index (Phi) is 44.8. The highest BCUT2D eigenvalue weighted by atomic mass is 16.3. The molecular weight excluding hydrogens is 1360 g/mol. The zero-order valence-corrected chi connectivity index (χ0v) is 62.4. The average Bonchev–Trinajstić information content (AvgIpc) is 1.54. The van der Waals surface area contributed by atoms with Crippen LogP contribution in [0.25, 0.3) is 0 Å². The Morgan fingerprint density at radius 1 is 0.442 bits per heavy atom. The van der Waals surface area contributed by atoms with Gasteiger partial charge < -0.3 is 108 Å². The summed E-state index contributed by atoms with van der Waals surface area (Å²) in [5.74, 6) is -14.5. The summed E-state index contributed by atoms with van der Waals surface area (Å²) in [4.78, 5) is 214. The van der Waals surface area contributed by atoms with Crippen LogP contribution in [0.1, 0.15) is 198 Å². The van der Waals surface area contributed by atoms with Crippen LogP contribution >= 0.6 is 0 Å². The van der Waals surface area contributed by atoms with Crippen LogP contribution in [0.5, 0.6) is 0 Å². The number of likely N-dealkylation sites (tertiary alicyclic amines) is 1.